The second-order valence-electron chi connectivity index (χ2n) is 3.80. The van der Waals surface area contributed by atoms with Crippen LogP contribution in [-0.2, 0) is 5.54 Å². The minimum Gasteiger partial charge on any atom is -0.396 e. The van der Waals surface area contributed by atoms with Crippen LogP contribution in [0, 0.1) is 0 Å². The zero-order valence-corrected chi connectivity index (χ0v) is 8.59. The maximum Gasteiger partial charge on any atom is 0.288 e. The Hall–Kier alpha value is -1.03. The van der Waals surface area contributed by atoms with Crippen molar-refractivity contribution >= 4 is 17.3 Å². The number of nitrogen functional groups attached to an aromatic ring is 1. The van der Waals surface area contributed by atoms with Crippen LogP contribution in [-0.4, -0.2) is 9.78 Å². The van der Waals surface area contributed by atoms with Crippen molar-refractivity contribution in [3.8, 4) is 0 Å². The molecule has 0 saturated heterocycles. The SMILES string of the molecule is CC(C)(C)n1ncc(N)c(Cl)c1=O. The largest absolute Gasteiger partial charge is 0.396 e. The van der Waals surface area contributed by atoms with Gasteiger partial charge in [-0.25, -0.2) is 4.68 Å². The van der Waals surface area contributed by atoms with Crippen molar-refractivity contribution in [2.75, 3.05) is 5.73 Å². The first kappa shape index (κ1) is 10.1. The first-order chi connectivity index (χ1) is 5.84. The van der Waals surface area contributed by atoms with E-state index < -0.39 is 0 Å². The van der Waals surface area contributed by atoms with Gasteiger partial charge in [-0.15, -0.1) is 0 Å². The van der Waals surface area contributed by atoms with Gasteiger partial charge in [0, 0.05) is 0 Å². The van der Waals surface area contributed by atoms with Gasteiger partial charge in [0.1, 0.15) is 5.02 Å². The summed E-state index contributed by atoms with van der Waals surface area (Å²) in [6.45, 7) is 5.61. The predicted octanol–water partition coefficient (Wildman–Crippen LogP) is 1.23. The van der Waals surface area contributed by atoms with Crippen LogP contribution >= 0.6 is 11.6 Å². The molecule has 0 atom stereocenters. The van der Waals surface area contributed by atoms with Crippen molar-refractivity contribution in [1.29, 1.82) is 0 Å². The van der Waals surface area contributed by atoms with Gasteiger partial charge in [0.25, 0.3) is 5.56 Å². The molecule has 0 fully saturated rings. The Morgan fingerprint density at radius 2 is 2.08 bits per heavy atom. The molecule has 0 aliphatic rings. The molecule has 5 heteroatoms. The van der Waals surface area contributed by atoms with Gasteiger partial charge in [0.05, 0.1) is 17.4 Å². The molecule has 0 spiro atoms. The molecule has 13 heavy (non-hydrogen) atoms. The minimum atomic E-state index is -0.381. The van der Waals surface area contributed by atoms with E-state index in [1.54, 1.807) is 0 Å². The summed E-state index contributed by atoms with van der Waals surface area (Å²) in [5.74, 6) is 0. The molecular formula is C8H12ClN3O. The summed E-state index contributed by atoms with van der Waals surface area (Å²) in [6.07, 6.45) is 1.38. The Balaban J connectivity index is 3.44. The Bertz CT molecular complexity index is 378. The average Bonchev–Trinajstić information content (AvgIpc) is 1.98. The lowest BCUT2D eigenvalue weighted by molar-refractivity contribution is 0.338. The summed E-state index contributed by atoms with van der Waals surface area (Å²) in [5, 5.41) is 3.94. The van der Waals surface area contributed by atoms with E-state index in [1.165, 1.54) is 10.9 Å². The molecule has 0 aliphatic carbocycles. The fourth-order valence-electron chi connectivity index (χ4n) is 0.923. The number of nitrogens with two attached hydrogens (primary N) is 1. The number of halogens is 1. The van der Waals surface area contributed by atoms with E-state index >= 15 is 0 Å². The second-order valence-corrected chi connectivity index (χ2v) is 4.18. The van der Waals surface area contributed by atoms with Gasteiger partial charge in [-0.1, -0.05) is 11.6 Å². The molecule has 0 bridgehead atoms. The van der Waals surface area contributed by atoms with Gasteiger partial charge in [-0.05, 0) is 20.8 Å². The highest BCUT2D eigenvalue weighted by Gasteiger charge is 2.18. The standard InChI is InChI=1S/C8H12ClN3O/c1-8(2,3)12-7(13)6(9)5(10)4-11-12/h4H,10H2,1-3H3. The number of nitrogens with zero attached hydrogens (tertiary/aromatic N) is 2. The Morgan fingerprint density at radius 3 is 2.54 bits per heavy atom. The molecule has 0 amide bonds. The van der Waals surface area contributed by atoms with Crippen molar-refractivity contribution in [3.05, 3.63) is 21.6 Å². The van der Waals surface area contributed by atoms with Gasteiger partial charge in [0.2, 0.25) is 0 Å². The average molecular weight is 202 g/mol. The van der Waals surface area contributed by atoms with E-state index in [1.807, 2.05) is 20.8 Å². The summed E-state index contributed by atoms with van der Waals surface area (Å²) in [4.78, 5) is 11.5. The molecule has 72 valence electrons. The molecule has 0 aliphatic heterocycles. The topological polar surface area (TPSA) is 60.9 Å². The van der Waals surface area contributed by atoms with Crippen LogP contribution in [0.5, 0.6) is 0 Å². The van der Waals surface area contributed by atoms with Gasteiger partial charge < -0.3 is 5.73 Å². The number of hydrogen-bond acceptors (Lipinski definition) is 3. The Labute approximate surface area is 81.3 Å². The number of anilines is 1. The van der Waals surface area contributed by atoms with Crippen molar-refractivity contribution < 1.29 is 0 Å². The van der Waals surface area contributed by atoms with Crippen LogP contribution in [0.2, 0.25) is 5.02 Å². The van der Waals surface area contributed by atoms with E-state index in [2.05, 4.69) is 5.10 Å². The van der Waals surface area contributed by atoms with Crippen molar-refractivity contribution in [1.82, 2.24) is 9.78 Å². The first-order valence-electron chi connectivity index (χ1n) is 3.88. The van der Waals surface area contributed by atoms with Crippen LogP contribution < -0.4 is 11.3 Å². The highest BCUT2D eigenvalue weighted by molar-refractivity contribution is 6.32. The highest BCUT2D eigenvalue weighted by atomic mass is 35.5. The van der Waals surface area contributed by atoms with Crippen LogP contribution in [0.4, 0.5) is 5.69 Å². The fraction of sp³-hybridized carbons (Fsp3) is 0.500. The van der Waals surface area contributed by atoms with E-state index in [-0.39, 0.29) is 21.8 Å². The van der Waals surface area contributed by atoms with E-state index in [0.29, 0.717) is 0 Å². The highest BCUT2D eigenvalue weighted by Crippen LogP contribution is 2.14. The molecule has 0 saturated carbocycles. The third-order valence-electron chi connectivity index (χ3n) is 1.58. The number of hydrogen-bond donors (Lipinski definition) is 1. The fourth-order valence-corrected chi connectivity index (χ4v) is 1.05. The normalized spacial score (nSPS) is 11.7. The lowest BCUT2D eigenvalue weighted by Crippen LogP contribution is -2.36. The molecular weight excluding hydrogens is 190 g/mol. The van der Waals surface area contributed by atoms with Gasteiger partial charge >= 0.3 is 0 Å². The molecule has 0 unspecified atom stereocenters. The van der Waals surface area contributed by atoms with E-state index in [9.17, 15) is 4.79 Å². The zero-order valence-electron chi connectivity index (χ0n) is 7.84. The third-order valence-corrected chi connectivity index (χ3v) is 1.96. The van der Waals surface area contributed by atoms with Crippen LogP contribution in [0.3, 0.4) is 0 Å². The van der Waals surface area contributed by atoms with E-state index in [4.69, 9.17) is 17.3 Å². The summed E-state index contributed by atoms with van der Waals surface area (Å²) in [5.41, 5.74) is 4.91. The van der Waals surface area contributed by atoms with Gasteiger partial charge in [-0.2, -0.15) is 5.10 Å². The monoisotopic (exact) mass is 201 g/mol. The van der Waals surface area contributed by atoms with Crippen LogP contribution in [0.1, 0.15) is 20.8 Å². The summed E-state index contributed by atoms with van der Waals surface area (Å²) in [6, 6.07) is 0. The van der Waals surface area contributed by atoms with E-state index in [0.717, 1.165) is 0 Å². The quantitative estimate of drug-likeness (QED) is 0.687. The van der Waals surface area contributed by atoms with Crippen molar-refractivity contribution in [2.45, 2.75) is 26.3 Å². The maximum absolute atomic E-state index is 11.5. The molecule has 1 heterocycles. The van der Waals surface area contributed by atoms with Crippen LogP contribution in [0.15, 0.2) is 11.0 Å². The molecule has 1 rings (SSSR count). The third kappa shape index (κ3) is 1.83. The van der Waals surface area contributed by atoms with Gasteiger partial charge in [0.15, 0.2) is 0 Å². The zero-order chi connectivity index (χ0) is 10.2. The first-order valence-corrected chi connectivity index (χ1v) is 4.25. The Morgan fingerprint density at radius 1 is 1.54 bits per heavy atom. The predicted molar refractivity (Wildman–Crippen MR) is 52.9 cm³/mol. The molecule has 2 N–H and O–H groups in total. The van der Waals surface area contributed by atoms with Crippen molar-refractivity contribution in [3.63, 3.8) is 0 Å². The lowest BCUT2D eigenvalue weighted by Gasteiger charge is -2.20. The Kier molecular flexibility index (Phi) is 2.34. The molecule has 4 nitrogen and oxygen atoms in total. The molecule has 1 aromatic heterocycles. The summed E-state index contributed by atoms with van der Waals surface area (Å²) in [7, 11) is 0. The van der Waals surface area contributed by atoms with Crippen molar-refractivity contribution in [2.24, 2.45) is 0 Å². The number of rotatable bonds is 0. The minimum absolute atomic E-state index is 0.0323. The second kappa shape index (κ2) is 3.03. The maximum atomic E-state index is 11.5. The lowest BCUT2D eigenvalue weighted by atomic mass is 10.1. The molecule has 0 aromatic carbocycles. The summed E-state index contributed by atoms with van der Waals surface area (Å²) < 4.78 is 1.31. The van der Waals surface area contributed by atoms with Gasteiger partial charge in [-0.3, -0.25) is 4.79 Å². The van der Waals surface area contributed by atoms with Crippen LogP contribution in [0.25, 0.3) is 0 Å². The number of aromatic nitrogens is 2. The molecule has 1 aromatic rings. The summed E-state index contributed by atoms with van der Waals surface area (Å²) >= 11 is 5.69. The smallest absolute Gasteiger partial charge is 0.288 e. The molecule has 0 radical (unpaired) electrons.